The van der Waals surface area contributed by atoms with Gasteiger partial charge in [0.25, 0.3) is 0 Å². The van der Waals surface area contributed by atoms with E-state index in [1.54, 1.807) is 13.8 Å². The average Bonchev–Trinajstić information content (AvgIpc) is 2.48. The maximum Gasteiger partial charge on any atom is 0.347 e. The summed E-state index contributed by atoms with van der Waals surface area (Å²) in [5.41, 5.74) is 0. The van der Waals surface area contributed by atoms with Crippen LogP contribution < -0.4 is 0 Å². The first kappa shape index (κ1) is 12.5. The van der Waals surface area contributed by atoms with Gasteiger partial charge in [0.1, 0.15) is 5.76 Å². The van der Waals surface area contributed by atoms with Crippen molar-refractivity contribution < 1.29 is 17.0 Å². The van der Waals surface area contributed by atoms with Crippen LogP contribution in [0.2, 0.25) is 0 Å². The molecule has 0 amide bonds. The number of rotatable bonds is 3. The van der Waals surface area contributed by atoms with Gasteiger partial charge in [-0.25, -0.2) is 4.21 Å². The zero-order valence-electron chi connectivity index (χ0n) is 8.14. The number of hydrogen-bond acceptors (Lipinski definition) is 4. The van der Waals surface area contributed by atoms with Gasteiger partial charge in [-0.3, -0.25) is 0 Å². The molecule has 0 unspecified atom stereocenters. The van der Waals surface area contributed by atoms with Crippen LogP contribution in [0.5, 0.6) is 0 Å². The zero-order valence-corrected chi connectivity index (χ0v) is 10.5. The first-order chi connectivity index (χ1) is 6.78. The van der Waals surface area contributed by atoms with Gasteiger partial charge in [0.05, 0.1) is 20.9 Å². The summed E-state index contributed by atoms with van der Waals surface area (Å²) in [7, 11) is -2.23. The lowest BCUT2D eigenvalue weighted by molar-refractivity contribution is 0.525. The minimum Gasteiger partial charge on any atom is -0.468 e. The summed E-state index contributed by atoms with van der Waals surface area (Å²) in [4.78, 5) is 0.272. The summed E-state index contributed by atoms with van der Waals surface area (Å²) in [6.07, 6.45) is 1.33. The van der Waals surface area contributed by atoms with Crippen LogP contribution in [-0.4, -0.2) is 18.4 Å². The average molecular weight is 272 g/mol. The number of furan rings is 1. The van der Waals surface area contributed by atoms with Crippen LogP contribution in [0, 0.1) is 6.92 Å². The Kier molecular flexibility index (Phi) is 3.47. The highest BCUT2D eigenvalue weighted by Gasteiger charge is 2.19. The first-order valence-electron chi connectivity index (χ1n) is 4.03. The van der Waals surface area contributed by atoms with Gasteiger partial charge in [-0.1, -0.05) is 10.7 Å². The Morgan fingerprint density at radius 3 is 2.40 bits per heavy atom. The molecule has 1 heterocycles. The molecule has 5 nitrogen and oxygen atoms in total. The van der Waals surface area contributed by atoms with Crippen molar-refractivity contribution in [3.8, 4) is 0 Å². The molecule has 0 N–H and O–H groups in total. The predicted octanol–water partition coefficient (Wildman–Crippen LogP) is 1.92. The van der Waals surface area contributed by atoms with Gasteiger partial charge in [-0.2, -0.15) is 8.42 Å². The van der Waals surface area contributed by atoms with Gasteiger partial charge in [-0.15, -0.1) is 0 Å². The maximum atomic E-state index is 12.2. The second kappa shape index (κ2) is 4.15. The summed E-state index contributed by atoms with van der Waals surface area (Å²) < 4.78 is 41.9. The number of halogens is 1. The van der Waals surface area contributed by atoms with Crippen molar-refractivity contribution in [3.63, 3.8) is 0 Å². The van der Waals surface area contributed by atoms with E-state index in [0.717, 1.165) is 0 Å². The topological polar surface area (TPSA) is 76.7 Å². The Hall–Kier alpha value is -0.530. The molecule has 8 heteroatoms. The van der Waals surface area contributed by atoms with Crippen molar-refractivity contribution in [2.45, 2.75) is 18.7 Å². The first-order valence-corrected chi connectivity index (χ1v) is 7.98. The Labute approximate surface area is 93.2 Å². The van der Waals surface area contributed by atoms with E-state index < -0.39 is 19.0 Å². The Bertz CT molecular complexity index is 566. The Morgan fingerprint density at radius 2 is 2.07 bits per heavy atom. The van der Waals surface area contributed by atoms with E-state index in [1.807, 2.05) is 0 Å². The van der Waals surface area contributed by atoms with Crippen molar-refractivity contribution in [2.75, 3.05) is 5.75 Å². The smallest absolute Gasteiger partial charge is 0.347 e. The minimum absolute atomic E-state index is 0.0549. The summed E-state index contributed by atoms with van der Waals surface area (Å²) in [5.74, 6) is 0.435. The molecule has 1 rings (SSSR count). The SMILES string of the molecule is CC[S@@](=O)(=NS(=O)(=O)Cl)c1ccoc1C. The van der Waals surface area contributed by atoms with Crippen LogP contribution in [0.25, 0.3) is 0 Å². The van der Waals surface area contributed by atoms with Gasteiger partial charge in [0.2, 0.25) is 0 Å². The van der Waals surface area contributed by atoms with Crippen molar-refractivity contribution in [1.82, 2.24) is 0 Å². The van der Waals surface area contributed by atoms with Crippen molar-refractivity contribution in [3.05, 3.63) is 18.1 Å². The van der Waals surface area contributed by atoms with E-state index in [9.17, 15) is 12.6 Å². The number of hydrogen-bond donors (Lipinski definition) is 0. The van der Waals surface area contributed by atoms with Crippen LogP contribution in [0.15, 0.2) is 25.4 Å². The van der Waals surface area contributed by atoms with Gasteiger partial charge >= 0.3 is 9.24 Å². The van der Waals surface area contributed by atoms with E-state index in [2.05, 4.69) is 3.77 Å². The third-order valence-corrected chi connectivity index (χ3v) is 5.83. The molecule has 0 aromatic carbocycles. The molecule has 0 bridgehead atoms. The molecular formula is C7H10ClNO4S2. The molecule has 0 spiro atoms. The summed E-state index contributed by atoms with van der Waals surface area (Å²) in [6, 6.07) is 1.44. The molecule has 1 atom stereocenters. The lowest BCUT2D eigenvalue weighted by Gasteiger charge is -2.03. The van der Waals surface area contributed by atoms with Crippen LogP contribution in [0.1, 0.15) is 12.7 Å². The molecule has 86 valence electrons. The van der Waals surface area contributed by atoms with Gasteiger partial charge < -0.3 is 4.42 Å². The molecule has 15 heavy (non-hydrogen) atoms. The fraction of sp³-hybridized carbons (Fsp3) is 0.429. The Morgan fingerprint density at radius 1 is 1.47 bits per heavy atom. The standard InChI is InChI=1S/C7H10ClNO4S2/c1-3-14(10,9-15(8,11)12)7-4-5-13-6(7)2/h4-5H,3H2,1-2H3/t14-/m0/s1. The third-order valence-electron chi connectivity index (χ3n) is 1.76. The lowest BCUT2D eigenvalue weighted by Crippen LogP contribution is -2.06. The zero-order chi connectivity index (χ0) is 11.7. The second-order valence-corrected chi connectivity index (χ2v) is 7.65. The molecule has 1 aromatic heterocycles. The van der Waals surface area contributed by atoms with Crippen LogP contribution in [0.4, 0.5) is 0 Å². The highest BCUT2D eigenvalue weighted by atomic mass is 35.7. The summed E-state index contributed by atoms with van der Waals surface area (Å²) in [6.45, 7) is 3.15. The summed E-state index contributed by atoms with van der Waals surface area (Å²) in [5, 5.41) is 0. The molecule has 0 radical (unpaired) electrons. The Balaban J connectivity index is 3.51. The highest BCUT2D eigenvalue weighted by Crippen LogP contribution is 2.21. The van der Waals surface area contributed by atoms with E-state index in [4.69, 9.17) is 15.1 Å². The molecule has 0 aliphatic heterocycles. The maximum absolute atomic E-state index is 12.2. The largest absolute Gasteiger partial charge is 0.468 e. The fourth-order valence-corrected chi connectivity index (χ4v) is 4.89. The van der Waals surface area contributed by atoms with Crippen LogP contribution in [-0.2, 0) is 19.0 Å². The fourth-order valence-electron chi connectivity index (χ4n) is 1.10. The molecule has 1 aromatic rings. The second-order valence-electron chi connectivity index (χ2n) is 2.76. The quantitative estimate of drug-likeness (QED) is 0.787. The number of nitrogens with zero attached hydrogens (tertiary/aromatic N) is 1. The van der Waals surface area contributed by atoms with Gasteiger partial charge in [0.15, 0.2) is 0 Å². The van der Waals surface area contributed by atoms with Crippen LogP contribution >= 0.6 is 10.7 Å². The van der Waals surface area contributed by atoms with Crippen molar-refractivity contribution >= 4 is 29.6 Å². The molecular weight excluding hydrogens is 262 g/mol. The van der Waals surface area contributed by atoms with Crippen molar-refractivity contribution in [1.29, 1.82) is 0 Å². The molecule has 0 fully saturated rings. The highest BCUT2D eigenvalue weighted by molar-refractivity contribution is 8.17. The number of aryl methyl sites for hydroxylation is 1. The molecule has 0 aliphatic carbocycles. The van der Waals surface area contributed by atoms with Crippen molar-refractivity contribution in [2.24, 2.45) is 3.77 Å². The monoisotopic (exact) mass is 271 g/mol. The predicted molar refractivity (Wildman–Crippen MR) is 57.6 cm³/mol. The van der Waals surface area contributed by atoms with Crippen LogP contribution in [0.3, 0.4) is 0 Å². The third kappa shape index (κ3) is 2.96. The van der Waals surface area contributed by atoms with E-state index in [1.165, 1.54) is 12.3 Å². The molecule has 0 aliphatic rings. The van der Waals surface area contributed by atoms with Gasteiger partial charge in [0, 0.05) is 16.4 Å². The summed E-state index contributed by atoms with van der Waals surface area (Å²) >= 11 is 0. The molecule has 0 saturated heterocycles. The van der Waals surface area contributed by atoms with E-state index in [-0.39, 0.29) is 10.6 Å². The molecule has 0 saturated carbocycles. The van der Waals surface area contributed by atoms with Gasteiger partial charge in [-0.05, 0) is 13.0 Å². The minimum atomic E-state index is -4.16. The van der Waals surface area contributed by atoms with E-state index in [0.29, 0.717) is 5.76 Å². The van der Waals surface area contributed by atoms with E-state index >= 15 is 0 Å². The normalized spacial score (nSPS) is 15.9. The lowest BCUT2D eigenvalue weighted by atomic mass is 10.5.